The van der Waals surface area contributed by atoms with Crippen molar-refractivity contribution in [3.05, 3.63) is 23.3 Å². The molecule has 0 aliphatic rings. The van der Waals surface area contributed by atoms with Crippen molar-refractivity contribution in [3.63, 3.8) is 0 Å². The van der Waals surface area contributed by atoms with Gasteiger partial charge in [-0.3, -0.25) is 0 Å². The van der Waals surface area contributed by atoms with Crippen LogP contribution in [0.15, 0.2) is 12.1 Å². The van der Waals surface area contributed by atoms with E-state index in [-0.39, 0.29) is 23.5 Å². The van der Waals surface area contributed by atoms with E-state index >= 15 is 0 Å². The molecule has 0 unspecified atom stereocenters. The maximum atomic E-state index is 9.71. The largest absolute Gasteiger partial charge is 0.504 e. The first-order valence-electron chi connectivity index (χ1n) is 5.02. The normalized spacial score (nSPS) is 11.7. The molecule has 0 saturated carbocycles. The number of aliphatic hydroxyl groups is 1. The minimum Gasteiger partial charge on any atom is -0.504 e. The second-order valence-corrected chi connectivity index (χ2v) is 4.73. The zero-order valence-corrected chi connectivity index (χ0v) is 9.41. The number of hydrogen-bond acceptors (Lipinski definition) is 3. The molecule has 0 saturated heterocycles. The average molecular weight is 210 g/mol. The molecule has 0 bridgehead atoms. The Labute approximate surface area is 90.0 Å². The van der Waals surface area contributed by atoms with Gasteiger partial charge in [-0.15, -0.1) is 0 Å². The van der Waals surface area contributed by atoms with Gasteiger partial charge in [0.1, 0.15) is 0 Å². The summed E-state index contributed by atoms with van der Waals surface area (Å²) < 4.78 is 0. The highest BCUT2D eigenvalue weighted by Gasteiger charge is 2.21. The number of hydrogen-bond donors (Lipinski definition) is 3. The summed E-state index contributed by atoms with van der Waals surface area (Å²) in [6, 6.07) is 3.31. The van der Waals surface area contributed by atoms with Gasteiger partial charge in [0.15, 0.2) is 11.5 Å². The lowest BCUT2D eigenvalue weighted by molar-refractivity contribution is 0.299. The summed E-state index contributed by atoms with van der Waals surface area (Å²) in [5.74, 6) is -0.185. The Morgan fingerprint density at radius 1 is 1.13 bits per heavy atom. The van der Waals surface area contributed by atoms with Gasteiger partial charge in [0.05, 0.1) is 0 Å². The van der Waals surface area contributed by atoms with E-state index in [1.165, 1.54) is 6.07 Å². The number of aliphatic hydroxyl groups excluding tert-OH is 1. The number of phenolic OH excluding ortho intramolecular Hbond substituents is 2. The Kier molecular flexibility index (Phi) is 3.25. The SMILES string of the molecule is CC(C)(C)c1cc(CCO)cc(O)c1O. The fourth-order valence-corrected chi connectivity index (χ4v) is 1.52. The fraction of sp³-hybridized carbons (Fsp3) is 0.500. The lowest BCUT2D eigenvalue weighted by Gasteiger charge is -2.21. The first-order valence-corrected chi connectivity index (χ1v) is 5.02. The molecule has 0 radical (unpaired) electrons. The van der Waals surface area contributed by atoms with Crippen molar-refractivity contribution in [2.75, 3.05) is 6.61 Å². The van der Waals surface area contributed by atoms with Gasteiger partial charge in [0.2, 0.25) is 0 Å². The monoisotopic (exact) mass is 210 g/mol. The van der Waals surface area contributed by atoms with Crippen LogP contribution in [0.3, 0.4) is 0 Å². The zero-order valence-electron chi connectivity index (χ0n) is 9.41. The van der Waals surface area contributed by atoms with E-state index in [0.717, 1.165) is 5.56 Å². The molecule has 15 heavy (non-hydrogen) atoms. The van der Waals surface area contributed by atoms with Crippen molar-refractivity contribution < 1.29 is 15.3 Å². The summed E-state index contributed by atoms with van der Waals surface area (Å²) >= 11 is 0. The van der Waals surface area contributed by atoms with Crippen LogP contribution in [-0.2, 0) is 11.8 Å². The molecule has 3 N–H and O–H groups in total. The molecule has 0 aliphatic heterocycles. The minimum atomic E-state index is -0.229. The van der Waals surface area contributed by atoms with Crippen molar-refractivity contribution in [1.82, 2.24) is 0 Å². The predicted molar refractivity (Wildman–Crippen MR) is 59.3 cm³/mol. The third kappa shape index (κ3) is 2.63. The van der Waals surface area contributed by atoms with Crippen LogP contribution >= 0.6 is 0 Å². The zero-order chi connectivity index (χ0) is 11.6. The van der Waals surface area contributed by atoms with E-state index in [0.29, 0.717) is 12.0 Å². The Hall–Kier alpha value is -1.22. The van der Waals surface area contributed by atoms with Crippen LogP contribution in [0.5, 0.6) is 11.5 Å². The van der Waals surface area contributed by atoms with E-state index in [9.17, 15) is 10.2 Å². The van der Waals surface area contributed by atoms with E-state index in [1.54, 1.807) is 0 Å². The van der Waals surface area contributed by atoms with Crippen molar-refractivity contribution >= 4 is 0 Å². The van der Waals surface area contributed by atoms with Gasteiger partial charge in [-0.25, -0.2) is 0 Å². The standard InChI is InChI=1S/C12H18O3/c1-12(2,3)9-6-8(4-5-13)7-10(14)11(9)15/h6-7,13-15H,4-5H2,1-3H3. The first-order chi connectivity index (χ1) is 6.86. The van der Waals surface area contributed by atoms with Crippen LogP contribution in [0.2, 0.25) is 0 Å². The van der Waals surface area contributed by atoms with Crippen LogP contribution in [0.4, 0.5) is 0 Å². The quantitative estimate of drug-likeness (QED) is 0.654. The van der Waals surface area contributed by atoms with Crippen LogP contribution < -0.4 is 0 Å². The second kappa shape index (κ2) is 4.11. The molecule has 0 heterocycles. The Morgan fingerprint density at radius 3 is 2.20 bits per heavy atom. The lowest BCUT2D eigenvalue weighted by atomic mass is 9.85. The van der Waals surface area contributed by atoms with Crippen LogP contribution in [0.1, 0.15) is 31.9 Å². The van der Waals surface area contributed by atoms with Gasteiger partial charge in [-0.1, -0.05) is 26.8 Å². The summed E-state index contributed by atoms with van der Waals surface area (Å²) in [6.45, 7) is 5.92. The van der Waals surface area contributed by atoms with E-state index in [2.05, 4.69) is 0 Å². The molecule has 3 nitrogen and oxygen atoms in total. The number of benzene rings is 1. The molecular weight excluding hydrogens is 192 g/mol. The van der Waals surface area contributed by atoms with E-state index in [1.807, 2.05) is 26.8 Å². The highest BCUT2D eigenvalue weighted by atomic mass is 16.3. The van der Waals surface area contributed by atoms with Gasteiger partial charge in [-0.05, 0) is 23.5 Å². The maximum absolute atomic E-state index is 9.71. The number of aromatic hydroxyl groups is 2. The summed E-state index contributed by atoms with van der Waals surface area (Å²) in [6.07, 6.45) is 0.483. The van der Waals surface area contributed by atoms with Crippen LogP contribution in [0, 0.1) is 0 Å². The molecule has 0 spiro atoms. The summed E-state index contributed by atoms with van der Waals surface area (Å²) in [4.78, 5) is 0. The molecule has 0 fully saturated rings. The topological polar surface area (TPSA) is 60.7 Å². The van der Waals surface area contributed by atoms with Gasteiger partial charge in [-0.2, -0.15) is 0 Å². The highest BCUT2D eigenvalue weighted by Crippen LogP contribution is 2.37. The molecule has 0 aromatic heterocycles. The number of rotatable bonds is 2. The molecule has 1 aromatic rings. The highest BCUT2D eigenvalue weighted by molar-refractivity contribution is 5.50. The van der Waals surface area contributed by atoms with Gasteiger partial charge < -0.3 is 15.3 Å². The van der Waals surface area contributed by atoms with E-state index in [4.69, 9.17) is 5.11 Å². The Bertz CT molecular complexity index is 351. The molecule has 0 atom stereocenters. The third-order valence-electron chi connectivity index (χ3n) is 2.36. The summed E-state index contributed by atoms with van der Waals surface area (Å²) in [5, 5.41) is 28.1. The van der Waals surface area contributed by atoms with Crippen molar-refractivity contribution in [3.8, 4) is 11.5 Å². The molecule has 0 aliphatic carbocycles. The van der Waals surface area contributed by atoms with Crippen molar-refractivity contribution in [2.45, 2.75) is 32.6 Å². The molecular formula is C12H18O3. The predicted octanol–water partition coefficient (Wildman–Crippen LogP) is 1.93. The van der Waals surface area contributed by atoms with Crippen LogP contribution in [-0.4, -0.2) is 21.9 Å². The fourth-order valence-electron chi connectivity index (χ4n) is 1.52. The third-order valence-corrected chi connectivity index (χ3v) is 2.36. The summed E-state index contributed by atoms with van der Waals surface area (Å²) in [7, 11) is 0. The molecule has 1 rings (SSSR count). The molecule has 0 amide bonds. The second-order valence-electron chi connectivity index (χ2n) is 4.73. The number of phenols is 2. The molecule has 84 valence electrons. The smallest absolute Gasteiger partial charge is 0.161 e. The van der Waals surface area contributed by atoms with Crippen LogP contribution in [0.25, 0.3) is 0 Å². The lowest BCUT2D eigenvalue weighted by Crippen LogP contribution is -2.12. The van der Waals surface area contributed by atoms with Crippen molar-refractivity contribution in [1.29, 1.82) is 0 Å². The molecule has 1 aromatic carbocycles. The van der Waals surface area contributed by atoms with Gasteiger partial charge >= 0.3 is 0 Å². The molecule has 3 heteroatoms. The minimum absolute atomic E-state index is 0.0355. The van der Waals surface area contributed by atoms with Gasteiger partial charge in [0, 0.05) is 12.2 Å². The summed E-state index contributed by atoms with van der Waals surface area (Å²) in [5.41, 5.74) is 1.30. The Morgan fingerprint density at radius 2 is 1.73 bits per heavy atom. The average Bonchev–Trinajstić information content (AvgIpc) is 2.09. The Balaban J connectivity index is 3.25. The van der Waals surface area contributed by atoms with E-state index < -0.39 is 0 Å². The van der Waals surface area contributed by atoms with Gasteiger partial charge in [0.25, 0.3) is 0 Å². The maximum Gasteiger partial charge on any atom is 0.161 e. The first kappa shape index (κ1) is 11.9. The van der Waals surface area contributed by atoms with Crippen molar-refractivity contribution in [2.24, 2.45) is 0 Å².